The molecular formula is C14H8F4N2O. The molecule has 1 heterocycles. The van der Waals surface area contributed by atoms with Crippen molar-refractivity contribution >= 4 is 16.8 Å². The molecule has 0 aliphatic rings. The Kier molecular flexibility index (Phi) is 2.86. The molecular weight excluding hydrogens is 288 g/mol. The van der Waals surface area contributed by atoms with E-state index in [0.29, 0.717) is 5.56 Å². The third-order valence-electron chi connectivity index (χ3n) is 2.96. The summed E-state index contributed by atoms with van der Waals surface area (Å²) in [6, 6.07) is 6.90. The molecule has 0 atom stereocenters. The van der Waals surface area contributed by atoms with E-state index in [2.05, 4.69) is 4.98 Å². The topological polar surface area (TPSA) is 52.0 Å². The van der Waals surface area contributed by atoms with Gasteiger partial charge in [0.25, 0.3) is 0 Å². The lowest BCUT2D eigenvalue weighted by Crippen LogP contribution is -2.03. The van der Waals surface area contributed by atoms with E-state index in [-0.39, 0.29) is 22.7 Å². The molecule has 7 heteroatoms. The zero-order chi connectivity index (χ0) is 15.2. The molecule has 0 radical (unpaired) electrons. The van der Waals surface area contributed by atoms with Gasteiger partial charge in [-0.15, -0.1) is 0 Å². The summed E-state index contributed by atoms with van der Waals surface area (Å²) in [5, 5.41) is 0. The number of halogens is 4. The van der Waals surface area contributed by atoms with Gasteiger partial charge >= 0.3 is 6.18 Å². The summed E-state index contributed by atoms with van der Waals surface area (Å²) in [6.07, 6.45) is -4.46. The summed E-state index contributed by atoms with van der Waals surface area (Å²) in [6.45, 7) is 0. The van der Waals surface area contributed by atoms with Gasteiger partial charge in [-0.1, -0.05) is 0 Å². The first-order valence-electron chi connectivity index (χ1n) is 5.88. The fourth-order valence-corrected chi connectivity index (χ4v) is 1.89. The first kappa shape index (κ1) is 13.4. The van der Waals surface area contributed by atoms with E-state index in [9.17, 15) is 17.6 Å². The number of benzene rings is 2. The van der Waals surface area contributed by atoms with Crippen molar-refractivity contribution in [1.29, 1.82) is 0 Å². The van der Waals surface area contributed by atoms with Crippen LogP contribution in [-0.2, 0) is 6.18 Å². The minimum atomic E-state index is -4.46. The second-order valence-electron chi connectivity index (χ2n) is 4.44. The number of nitrogen functional groups attached to an aromatic ring is 1. The molecule has 1 aromatic heterocycles. The molecule has 21 heavy (non-hydrogen) atoms. The standard InChI is InChI=1S/C14H8F4N2O/c15-9-5-7(1-3-10(9)19)13-20-11-6-8(14(16,17)18)2-4-12(11)21-13/h1-6H,19H2. The lowest BCUT2D eigenvalue weighted by Gasteiger charge is -2.04. The van der Waals surface area contributed by atoms with Crippen LogP contribution < -0.4 is 5.73 Å². The zero-order valence-corrected chi connectivity index (χ0v) is 10.4. The molecule has 3 nitrogen and oxygen atoms in total. The Morgan fingerprint density at radius 2 is 1.81 bits per heavy atom. The van der Waals surface area contributed by atoms with Gasteiger partial charge in [0.1, 0.15) is 11.3 Å². The van der Waals surface area contributed by atoms with Gasteiger partial charge in [-0.2, -0.15) is 13.2 Å². The number of hydrogen-bond acceptors (Lipinski definition) is 3. The fourth-order valence-electron chi connectivity index (χ4n) is 1.89. The maximum absolute atomic E-state index is 13.4. The molecule has 0 fully saturated rings. The minimum absolute atomic E-state index is 0.0308. The van der Waals surface area contributed by atoms with Crippen molar-refractivity contribution in [3.05, 3.63) is 47.8 Å². The molecule has 3 aromatic rings. The summed E-state index contributed by atoms with van der Waals surface area (Å²) < 4.78 is 56.6. The summed E-state index contributed by atoms with van der Waals surface area (Å²) in [4.78, 5) is 3.95. The Labute approximate surface area is 116 Å². The van der Waals surface area contributed by atoms with Crippen molar-refractivity contribution in [2.75, 3.05) is 5.73 Å². The van der Waals surface area contributed by atoms with Gasteiger partial charge < -0.3 is 10.2 Å². The normalized spacial score (nSPS) is 12.0. The van der Waals surface area contributed by atoms with Crippen LogP contribution in [0.4, 0.5) is 23.2 Å². The van der Waals surface area contributed by atoms with E-state index >= 15 is 0 Å². The highest BCUT2D eigenvalue weighted by atomic mass is 19.4. The largest absolute Gasteiger partial charge is 0.436 e. The van der Waals surface area contributed by atoms with Crippen molar-refractivity contribution in [3.8, 4) is 11.5 Å². The molecule has 2 aromatic carbocycles. The average molecular weight is 296 g/mol. The first-order valence-corrected chi connectivity index (χ1v) is 5.88. The van der Waals surface area contributed by atoms with Crippen LogP contribution in [0.1, 0.15) is 5.56 Å². The Morgan fingerprint density at radius 3 is 2.48 bits per heavy atom. The van der Waals surface area contributed by atoms with Crippen molar-refractivity contribution in [2.45, 2.75) is 6.18 Å². The van der Waals surface area contributed by atoms with Crippen LogP contribution in [0.2, 0.25) is 0 Å². The second kappa shape index (κ2) is 4.47. The summed E-state index contributed by atoms with van der Waals surface area (Å²) in [5.74, 6) is -0.617. The maximum Gasteiger partial charge on any atom is 0.416 e. The number of hydrogen-bond donors (Lipinski definition) is 1. The maximum atomic E-state index is 13.4. The van der Waals surface area contributed by atoms with E-state index in [1.54, 1.807) is 0 Å². The van der Waals surface area contributed by atoms with Gasteiger partial charge in [-0.05, 0) is 36.4 Å². The smallest absolute Gasteiger partial charge is 0.416 e. The number of nitrogens with zero attached hydrogens (tertiary/aromatic N) is 1. The molecule has 0 saturated carbocycles. The first-order chi connectivity index (χ1) is 9.84. The number of fused-ring (bicyclic) bond motifs is 1. The Bertz CT molecular complexity index is 823. The van der Waals surface area contributed by atoms with Gasteiger partial charge in [0.2, 0.25) is 5.89 Å². The van der Waals surface area contributed by atoms with Crippen molar-refractivity contribution < 1.29 is 22.0 Å². The van der Waals surface area contributed by atoms with E-state index in [0.717, 1.165) is 18.2 Å². The number of aromatic nitrogens is 1. The van der Waals surface area contributed by atoms with Crippen LogP contribution >= 0.6 is 0 Å². The second-order valence-corrected chi connectivity index (χ2v) is 4.44. The lowest BCUT2D eigenvalue weighted by molar-refractivity contribution is -0.137. The van der Waals surface area contributed by atoms with Crippen molar-refractivity contribution in [3.63, 3.8) is 0 Å². The highest BCUT2D eigenvalue weighted by Crippen LogP contribution is 2.33. The molecule has 3 rings (SSSR count). The fraction of sp³-hybridized carbons (Fsp3) is 0.0714. The Morgan fingerprint density at radius 1 is 1.05 bits per heavy atom. The van der Waals surface area contributed by atoms with E-state index in [1.807, 2.05) is 0 Å². The highest BCUT2D eigenvalue weighted by Gasteiger charge is 2.31. The molecule has 0 aliphatic carbocycles. The van der Waals surface area contributed by atoms with Crippen LogP contribution in [0.25, 0.3) is 22.6 Å². The van der Waals surface area contributed by atoms with Crippen molar-refractivity contribution in [2.24, 2.45) is 0 Å². The van der Waals surface area contributed by atoms with Crippen LogP contribution in [0.15, 0.2) is 40.8 Å². The van der Waals surface area contributed by atoms with Gasteiger partial charge in [0.15, 0.2) is 5.58 Å². The average Bonchev–Trinajstić information content (AvgIpc) is 2.83. The number of rotatable bonds is 1. The zero-order valence-electron chi connectivity index (χ0n) is 10.4. The van der Waals surface area contributed by atoms with Gasteiger partial charge in [0, 0.05) is 5.56 Å². The van der Waals surface area contributed by atoms with Gasteiger partial charge in [0.05, 0.1) is 11.3 Å². The quantitative estimate of drug-likeness (QED) is 0.540. The van der Waals surface area contributed by atoms with Crippen molar-refractivity contribution in [1.82, 2.24) is 4.98 Å². The predicted octanol–water partition coefficient (Wildman–Crippen LogP) is 4.23. The molecule has 0 unspecified atom stereocenters. The number of oxazole rings is 1. The number of alkyl halides is 3. The predicted molar refractivity (Wildman–Crippen MR) is 68.8 cm³/mol. The SMILES string of the molecule is Nc1ccc(-c2nc3cc(C(F)(F)F)ccc3o2)cc1F. The molecule has 0 aliphatic heterocycles. The number of anilines is 1. The van der Waals surface area contributed by atoms with E-state index < -0.39 is 17.6 Å². The third kappa shape index (κ3) is 2.42. The monoisotopic (exact) mass is 296 g/mol. The molecule has 0 amide bonds. The van der Waals surface area contributed by atoms with Crippen LogP contribution in [-0.4, -0.2) is 4.98 Å². The molecule has 0 spiro atoms. The molecule has 0 saturated heterocycles. The van der Waals surface area contributed by atoms with E-state index in [1.165, 1.54) is 18.2 Å². The van der Waals surface area contributed by atoms with Crippen LogP contribution in [0.3, 0.4) is 0 Å². The third-order valence-corrected chi connectivity index (χ3v) is 2.96. The molecule has 2 N–H and O–H groups in total. The lowest BCUT2D eigenvalue weighted by atomic mass is 10.2. The van der Waals surface area contributed by atoms with Crippen LogP contribution in [0.5, 0.6) is 0 Å². The van der Waals surface area contributed by atoms with Gasteiger partial charge in [-0.3, -0.25) is 0 Å². The Hall–Kier alpha value is -2.57. The molecule has 0 bridgehead atoms. The summed E-state index contributed by atoms with van der Waals surface area (Å²) in [5.41, 5.74) is 5.04. The Balaban J connectivity index is 2.10. The highest BCUT2D eigenvalue weighted by molar-refractivity contribution is 5.77. The minimum Gasteiger partial charge on any atom is -0.436 e. The molecule has 108 valence electrons. The van der Waals surface area contributed by atoms with E-state index in [4.69, 9.17) is 10.2 Å². The van der Waals surface area contributed by atoms with Gasteiger partial charge in [-0.25, -0.2) is 9.37 Å². The summed E-state index contributed by atoms with van der Waals surface area (Å²) >= 11 is 0. The van der Waals surface area contributed by atoms with Crippen LogP contribution in [0, 0.1) is 5.82 Å². The summed E-state index contributed by atoms with van der Waals surface area (Å²) in [7, 11) is 0. The number of nitrogens with two attached hydrogens (primary N) is 1.